The second kappa shape index (κ2) is 7.74. The third-order valence-corrected chi connectivity index (χ3v) is 4.88. The summed E-state index contributed by atoms with van der Waals surface area (Å²) >= 11 is 0. The molecule has 0 radical (unpaired) electrons. The Morgan fingerprint density at radius 2 is 1.93 bits per heavy atom. The second-order valence-corrected chi connectivity index (χ2v) is 6.87. The Balaban J connectivity index is 1.56. The maximum Gasteiger partial charge on any atom is 0.278 e. The highest BCUT2D eigenvalue weighted by Gasteiger charge is 2.23. The topological polar surface area (TPSA) is 123 Å². The van der Waals surface area contributed by atoms with Crippen LogP contribution >= 0.6 is 0 Å². The number of aromatic nitrogens is 3. The van der Waals surface area contributed by atoms with Gasteiger partial charge in [0.05, 0.1) is 16.3 Å². The fourth-order valence-corrected chi connectivity index (χ4v) is 3.39. The standard InChI is InChI=1S/C20H18N6O4/c1-13-19(22-23-25(13)16-7-3-8-17(12-16)26(29)30)20(28)21-14-5-2-6-15(11-14)24-10-4-9-18(24)27/h2-3,5-8,11-12H,4,9-10H2,1H3,(H,21,28). The number of nitro groups is 1. The van der Waals surface area contributed by atoms with Crippen LogP contribution in [0.4, 0.5) is 17.1 Å². The monoisotopic (exact) mass is 406 g/mol. The van der Waals surface area contributed by atoms with E-state index in [2.05, 4.69) is 15.6 Å². The van der Waals surface area contributed by atoms with Crippen molar-refractivity contribution in [2.24, 2.45) is 0 Å². The van der Waals surface area contributed by atoms with Gasteiger partial charge < -0.3 is 10.2 Å². The minimum absolute atomic E-state index is 0.0641. The molecule has 2 amide bonds. The quantitative estimate of drug-likeness (QED) is 0.513. The van der Waals surface area contributed by atoms with Crippen molar-refractivity contribution < 1.29 is 14.5 Å². The Morgan fingerprint density at radius 3 is 2.67 bits per heavy atom. The number of non-ortho nitro benzene ring substituents is 1. The van der Waals surface area contributed by atoms with Gasteiger partial charge in [0, 0.05) is 36.5 Å². The summed E-state index contributed by atoms with van der Waals surface area (Å²) < 4.78 is 1.38. The lowest BCUT2D eigenvalue weighted by molar-refractivity contribution is -0.384. The Kier molecular flexibility index (Phi) is 4.97. The number of nitrogens with one attached hydrogen (secondary N) is 1. The fourth-order valence-electron chi connectivity index (χ4n) is 3.39. The molecule has 1 aromatic heterocycles. The van der Waals surface area contributed by atoms with Crippen LogP contribution in [0.2, 0.25) is 0 Å². The summed E-state index contributed by atoms with van der Waals surface area (Å²) in [6.07, 6.45) is 1.34. The number of rotatable bonds is 5. The third kappa shape index (κ3) is 3.62. The molecule has 2 heterocycles. The largest absolute Gasteiger partial charge is 0.320 e. The van der Waals surface area contributed by atoms with E-state index in [0.29, 0.717) is 30.0 Å². The molecule has 0 aliphatic carbocycles. The summed E-state index contributed by atoms with van der Waals surface area (Å²) in [5, 5.41) is 21.7. The maximum atomic E-state index is 12.7. The van der Waals surface area contributed by atoms with Crippen LogP contribution in [0.15, 0.2) is 48.5 Å². The molecule has 3 aromatic rings. The van der Waals surface area contributed by atoms with Crippen molar-refractivity contribution >= 4 is 28.9 Å². The summed E-state index contributed by atoms with van der Waals surface area (Å²) in [5.41, 5.74) is 2.15. The summed E-state index contributed by atoms with van der Waals surface area (Å²) in [6, 6.07) is 13.0. The fraction of sp³-hybridized carbons (Fsp3) is 0.200. The van der Waals surface area contributed by atoms with Crippen molar-refractivity contribution in [2.75, 3.05) is 16.8 Å². The van der Waals surface area contributed by atoms with E-state index >= 15 is 0 Å². The summed E-state index contributed by atoms with van der Waals surface area (Å²) in [7, 11) is 0. The molecule has 1 saturated heterocycles. The van der Waals surface area contributed by atoms with Gasteiger partial charge in [-0.05, 0) is 37.6 Å². The van der Waals surface area contributed by atoms with E-state index in [1.807, 2.05) is 6.07 Å². The Labute approximate surface area is 171 Å². The second-order valence-electron chi connectivity index (χ2n) is 6.87. The smallest absolute Gasteiger partial charge is 0.278 e. The van der Waals surface area contributed by atoms with Gasteiger partial charge in [-0.1, -0.05) is 17.3 Å². The minimum Gasteiger partial charge on any atom is -0.320 e. The zero-order chi connectivity index (χ0) is 21.3. The summed E-state index contributed by atoms with van der Waals surface area (Å²) in [5.74, 6) is -0.400. The van der Waals surface area contributed by atoms with Crippen LogP contribution < -0.4 is 10.2 Å². The SMILES string of the molecule is Cc1c(C(=O)Nc2cccc(N3CCCC3=O)c2)nnn1-c1cccc([N+](=O)[O-])c1. The lowest BCUT2D eigenvalue weighted by atomic mass is 10.2. The Hall–Kier alpha value is -4.08. The molecule has 2 aromatic carbocycles. The third-order valence-electron chi connectivity index (χ3n) is 4.88. The van der Waals surface area contributed by atoms with Gasteiger partial charge in [-0.2, -0.15) is 0 Å². The molecule has 30 heavy (non-hydrogen) atoms. The van der Waals surface area contributed by atoms with Crippen LogP contribution in [0.25, 0.3) is 5.69 Å². The molecule has 0 spiro atoms. The lowest BCUT2D eigenvalue weighted by Gasteiger charge is -2.16. The predicted molar refractivity (Wildman–Crippen MR) is 109 cm³/mol. The first kappa shape index (κ1) is 19.2. The number of amides is 2. The normalized spacial score (nSPS) is 13.5. The lowest BCUT2D eigenvalue weighted by Crippen LogP contribution is -2.23. The van der Waals surface area contributed by atoms with Crippen LogP contribution in [0.1, 0.15) is 29.0 Å². The minimum atomic E-state index is -0.499. The van der Waals surface area contributed by atoms with Gasteiger partial charge in [0.25, 0.3) is 11.6 Å². The highest BCUT2D eigenvalue weighted by Crippen LogP contribution is 2.25. The number of benzene rings is 2. The van der Waals surface area contributed by atoms with Crippen LogP contribution in [-0.4, -0.2) is 38.3 Å². The van der Waals surface area contributed by atoms with Gasteiger partial charge in [-0.25, -0.2) is 4.68 Å². The average Bonchev–Trinajstić information content (AvgIpc) is 3.33. The number of anilines is 2. The number of nitrogens with zero attached hydrogens (tertiary/aromatic N) is 5. The van der Waals surface area contributed by atoms with Gasteiger partial charge in [0.1, 0.15) is 0 Å². The van der Waals surface area contributed by atoms with Crippen molar-refractivity contribution in [3.8, 4) is 5.69 Å². The first-order valence-electron chi connectivity index (χ1n) is 9.33. The molecule has 1 N–H and O–H groups in total. The number of hydrogen-bond acceptors (Lipinski definition) is 6. The van der Waals surface area contributed by atoms with Crippen molar-refractivity contribution in [2.45, 2.75) is 19.8 Å². The molecule has 4 rings (SSSR count). The molecular weight excluding hydrogens is 388 g/mol. The Bertz CT molecular complexity index is 1160. The van der Waals surface area contributed by atoms with Crippen molar-refractivity contribution in [3.05, 3.63) is 70.0 Å². The zero-order valence-electron chi connectivity index (χ0n) is 16.1. The van der Waals surface area contributed by atoms with E-state index in [9.17, 15) is 19.7 Å². The molecule has 0 bridgehead atoms. The van der Waals surface area contributed by atoms with Crippen LogP contribution in [-0.2, 0) is 4.79 Å². The van der Waals surface area contributed by atoms with Gasteiger partial charge in [0.2, 0.25) is 5.91 Å². The highest BCUT2D eigenvalue weighted by atomic mass is 16.6. The predicted octanol–water partition coefficient (Wildman–Crippen LogP) is 2.86. The van der Waals surface area contributed by atoms with Crippen LogP contribution in [0.3, 0.4) is 0 Å². The molecule has 0 atom stereocenters. The van der Waals surface area contributed by atoms with Crippen molar-refractivity contribution in [1.29, 1.82) is 0 Å². The number of nitro benzene ring substituents is 1. The first-order valence-corrected chi connectivity index (χ1v) is 9.33. The molecule has 10 heteroatoms. The molecular formula is C20H18N6O4. The molecule has 152 valence electrons. The zero-order valence-corrected chi connectivity index (χ0v) is 16.1. The maximum absolute atomic E-state index is 12.7. The van der Waals surface area contributed by atoms with E-state index in [-0.39, 0.29) is 17.3 Å². The molecule has 1 fully saturated rings. The van der Waals surface area contributed by atoms with Gasteiger partial charge in [-0.3, -0.25) is 19.7 Å². The van der Waals surface area contributed by atoms with E-state index in [1.165, 1.54) is 16.8 Å². The average molecular weight is 406 g/mol. The molecule has 10 nitrogen and oxygen atoms in total. The summed E-state index contributed by atoms with van der Waals surface area (Å²) in [6.45, 7) is 2.32. The molecule has 0 saturated carbocycles. The van der Waals surface area contributed by atoms with Gasteiger partial charge in [-0.15, -0.1) is 5.10 Å². The Morgan fingerprint density at radius 1 is 1.17 bits per heavy atom. The number of carbonyl (C=O) groups excluding carboxylic acids is 2. The number of hydrogen-bond donors (Lipinski definition) is 1. The molecule has 1 aliphatic heterocycles. The molecule has 0 unspecified atom stereocenters. The van der Waals surface area contributed by atoms with E-state index in [4.69, 9.17) is 0 Å². The van der Waals surface area contributed by atoms with Crippen molar-refractivity contribution in [1.82, 2.24) is 15.0 Å². The number of carbonyl (C=O) groups is 2. The van der Waals surface area contributed by atoms with Gasteiger partial charge in [0.15, 0.2) is 5.69 Å². The highest BCUT2D eigenvalue weighted by molar-refractivity contribution is 6.04. The van der Waals surface area contributed by atoms with Crippen LogP contribution in [0.5, 0.6) is 0 Å². The van der Waals surface area contributed by atoms with E-state index in [1.54, 1.807) is 42.2 Å². The first-order chi connectivity index (χ1) is 14.4. The van der Waals surface area contributed by atoms with Crippen LogP contribution in [0, 0.1) is 17.0 Å². The molecule has 1 aliphatic rings. The van der Waals surface area contributed by atoms with E-state index in [0.717, 1.165) is 12.1 Å². The summed E-state index contributed by atoms with van der Waals surface area (Å²) in [4.78, 5) is 36.9. The van der Waals surface area contributed by atoms with E-state index < -0.39 is 10.8 Å². The van der Waals surface area contributed by atoms with Gasteiger partial charge >= 0.3 is 0 Å². The van der Waals surface area contributed by atoms with Crippen molar-refractivity contribution in [3.63, 3.8) is 0 Å².